The third-order valence-electron chi connectivity index (χ3n) is 5.64. The summed E-state index contributed by atoms with van der Waals surface area (Å²) in [5.74, 6) is 0.449. The molecule has 0 aliphatic rings. The van der Waals surface area contributed by atoms with Crippen LogP contribution in [0.5, 0.6) is 17.2 Å². The van der Waals surface area contributed by atoms with Gasteiger partial charge in [0.1, 0.15) is 17.2 Å². The summed E-state index contributed by atoms with van der Waals surface area (Å²) in [6, 6.07) is 20.2. The van der Waals surface area contributed by atoms with Crippen LogP contribution in [-0.2, 0) is 4.79 Å². The Morgan fingerprint density at radius 3 is 1.80 bits per heavy atom. The molecule has 0 bridgehead atoms. The van der Waals surface area contributed by atoms with Crippen LogP contribution in [0.2, 0.25) is 0 Å². The van der Waals surface area contributed by atoms with Crippen LogP contribution in [0.4, 0.5) is 0 Å². The molecule has 0 spiro atoms. The Kier molecular flexibility index (Phi) is 12.2. The number of nitrogens with zero attached hydrogens (tertiary/aromatic N) is 1. The zero-order chi connectivity index (χ0) is 28.6. The monoisotopic (exact) mass is 545 g/mol. The average Bonchev–Trinajstić information content (AvgIpc) is 2.98. The van der Waals surface area contributed by atoms with Gasteiger partial charge in [0.15, 0.2) is 0 Å². The molecule has 3 aromatic rings. The molecular weight excluding hydrogens is 510 g/mol. The van der Waals surface area contributed by atoms with Gasteiger partial charge < -0.3 is 19.5 Å². The average molecular weight is 546 g/mol. The van der Waals surface area contributed by atoms with Gasteiger partial charge in [0.25, 0.3) is 11.8 Å². The molecule has 0 saturated carbocycles. The molecule has 9 heteroatoms. The summed E-state index contributed by atoms with van der Waals surface area (Å²) < 4.78 is 16.6. The molecule has 0 fully saturated rings. The van der Waals surface area contributed by atoms with Crippen molar-refractivity contribution in [3.8, 4) is 17.2 Å². The van der Waals surface area contributed by atoms with Gasteiger partial charge in [-0.25, -0.2) is 10.2 Å². The molecule has 3 rings (SSSR count). The molecule has 0 unspecified atom stereocenters. The largest absolute Gasteiger partial charge is 0.494 e. The van der Waals surface area contributed by atoms with Crippen molar-refractivity contribution in [1.82, 2.24) is 10.7 Å². The number of esters is 1. The first-order valence-corrected chi connectivity index (χ1v) is 13.4. The SMILES string of the molecule is CCCCOc1ccc(C(=O)NCC(=O)N/N=C/c2ccc(OC(=O)c3ccc(OCCCC)cc3)cc2)cc1. The smallest absolute Gasteiger partial charge is 0.343 e. The number of unbranched alkanes of at least 4 members (excludes halogenated alkanes) is 2. The van der Waals surface area contributed by atoms with Crippen molar-refractivity contribution in [3.05, 3.63) is 89.5 Å². The number of amides is 2. The molecule has 40 heavy (non-hydrogen) atoms. The summed E-state index contributed by atoms with van der Waals surface area (Å²) in [7, 11) is 0. The van der Waals surface area contributed by atoms with E-state index in [4.69, 9.17) is 14.2 Å². The molecule has 210 valence electrons. The van der Waals surface area contributed by atoms with Gasteiger partial charge >= 0.3 is 5.97 Å². The molecule has 0 aliphatic carbocycles. The van der Waals surface area contributed by atoms with Crippen LogP contribution in [0.15, 0.2) is 77.9 Å². The molecule has 2 N–H and O–H groups in total. The summed E-state index contributed by atoms with van der Waals surface area (Å²) in [6.07, 6.45) is 5.48. The summed E-state index contributed by atoms with van der Waals surface area (Å²) >= 11 is 0. The number of nitrogens with one attached hydrogen (secondary N) is 2. The van der Waals surface area contributed by atoms with Gasteiger partial charge in [-0.2, -0.15) is 5.10 Å². The van der Waals surface area contributed by atoms with Crippen molar-refractivity contribution in [2.75, 3.05) is 19.8 Å². The van der Waals surface area contributed by atoms with Crippen LogP contribution in [0, 0.1) is 0 Å². The van der Waals surface area contributed by atoms with Crippen molar-refractivity contribution in [1.29, 1.82) is 0 Å². The lowest BCUT2D eigenvalue weighted by atomic mass is 10.2. The molecule has 2 amide bonds. The molecule has 0 aromatic heterocycles. The minimum absolute atomic E-state index is 0.230. The van der Waals surface area contributed by atoms with Gasteiger partial charge in [0.05, 0.1) is 31.5 Å². The third kappa shape index (κ3) is 10.2. The van der Waals surface area contributed by atoms with Gasteiger partial charge in [-0.1, -0.05) is 26.7 Å². The van der Waals surface area contributed by atoms with Crippen LogP contribution < -0.4 is 25.0 Å². The lowest BCUT2D eigenvalue weighted by molar-refractivity contribution is -0.120. The Morgan fingerprint density at radius 1 is 0.725 bits per heavy atom. The highest BCUT2D eigenvalue weighted by molar-refractivity contribution is 5.96. The lowest BCUT2D eigenvalue weighted by Crippen LogP contribution is -2.34. The Balaban J connectivity index is 1.39. The maximum absolute atomic E-state index is 12.4. The highest BCUT2D eigenvalue weighted by atomic mass is 16.5. The fraction of sp³-hybridized carbons (Fsp3) is 0.290. The number of hydrogen-bond donors (Lipinski definition) is 2. The molecule has 0 radical (unpaired) electrons. The van der Waals surface area contributed by atoms with E-state index in [1.807, 2.05) is 0 Å². The zero-order valence-corrected chi connectivity index (χ0v) is 22.9. The first kappa shape index (κ1) is 29.9. The maximum Gasteiger partial charge on any atom is 0.343 e. The number of rotatable bonds is 15. The van der Waals surface area contributed by atoms with E-state index >= 15 is 0 Å². The van der Waals surface area contributed by atoms with Crippen LogP contribution in [0.3, 0.4) is 0 Å². The predicted molar refractivity (Wildman–Crippen MR) is 153 cm³/mol. The van der Waals surface area contributed by atoms with E-state index in [0.717, 1.165) is 25.7 Å². The maximum atomic E-state index is 12.4. The van der Waals surface area contributed by atoms with Crippen LogP contribution in [0.1, 0.15) is 65.8 Å². The minimum atomic E-state index is -0.480. The Labute approximate surface area is 234 Å². The Morgan fingerprint density at radius 2 is 1.25 bits per heavy atom. The lowest BCUT2D eigenvalue weighted by Gasteiger charge is -2.07. The van der Waals surface area contributed by atoms with E-state index in [2.05, 4.69) is 29.7 Å². The number of hydrogen-bond acceptors (Lipinski definition) is 7. The molecule has 0 atom stereocenters. The second kappa shape index (κ2) is 16.3. The van der Waals surface area contributed by atoms with E-state index in [-0.39, 0.29) is 12.5 Å². The fourth-order valence-electron chi connectivity index (χ4n) is 3.33. The van der Waals surface area contributed by atoms with Gasteiger partial charge in [-0.05, 0) is 91.2 Å². The van der Waals surface area contributed by atoms with Crippen LogP contribution >= 0.6 is 0 Å². The minimum Gasteiger partial charge on any atom is -0.494 e. The van der Waals surface area contributed by atoms with E-state index in [9.17, 15) is 14.4 Å². The van der Waals surface area contributed by atoms with E-state index in [1.165, 1.54) is 6.21 Å². The van der Waals surface area contributed by atoms with Crippen molar-refractivity contribution in [3.63, 3.8) is 0 Å². The second-order valence-corrected chi connectivity index (χ2v) is 8.89. The van der Waals surface area contributed by atoms with Gasteiger partial charge in [-0.3, -0.25) is 9.59 Å². The fourth-order valence-corrected chi connectivity index (χ4v) is 3.33. The highest BCUT2D eigenvalue weighted by Gasteiger charge is 2.10. The van der Waals surface area contributed by atoms with E-state index in [0.29, 0.717) is 47.2 Å². The summed E-state index contributed by atoms with van der Waals surface area (Å²) in [6.45, 7) is 5.22. The molecule has 0 saturated heterocycles. The van der Waals surface area contributed by atoms with Crippen molar-refractivity contribution >= 4 is 24.0 Å². The number of benzene rings is 3. The van der Waals surface area contributed by atoms with Crippen molar-refractivity contribution < 1.29 is 28.6 Å². The Hall–Kier alpha value is -4.66. The number of ether oxygens (including phenoxy) is 3. The summed E-state index contributed by atoms with van der Waals surface area (Å²) in [5, 5.41) is 6.45. The Bertz CT molecular complexity index is 1260. The normalized spacial score (nSPS) is 10.7. The molecular formula is C31H35N3O6. The van der Waals surface area contributed by atoms with E-state index < -0.39 is 11.9 Å². The van der Waals surface area contributed by atoms with Crippen molar-refractivity contribution in [2.24, 2.45) is 5.10 Å². The molecule has 0 heterocycles. The number of carbonyl (C=O) groups excluding carboxylic acids is 3. The summed E-state index contributed by atoms with van der Waals surface area (Å²) in [4.78, 5) is 36.7. The topological polar surface area (TPSA) is 115 Å². The van der Waals surface area contributed by atoms with Crippen LogP contribution in [0.25, 0.3) is 0 Å². The second-order valence-electron chi connectivity index (χ2n) is 8.89. The highest BCUT2D eigenvalue weighted by Crippen LogP contribution is 2.17. The predicted octanol–water partition coefficient (Wildman–Crippen LogP) is 5.14. The quantitative estimate of drug-likeness (QED) is 0.0898. The summed E-state index contributed by atoms with van der Waals surface area (Å²) in [5.41, 5.74) is 3.88. The van der Waals surface area contributed by atoms with E-state index in [1.54, 1.807) is 72.8 Å². The first-order valence-electron chi connectivity index (χ1n) is 13.4. The van der Waals surface area contributed by atoms with Gasteiger partial charge in [0, 0.05) is 5.56 Å². The van der Waals surface area contributed by atoms with Crippen molar-refractivity contribution in [2.45, 2.75) is 39.5 Å². The van der Waals surface area contributed by atoms with Gasteiger partial charge in [-0.15, -0.1) is 0 Å². The van der Waals surface area contributed by atoms with Gasteiger partial charge in [0.2, 0.25) is 0 Å². The molecule has 3 aromatic carbocycles. The number of hydrazone groups is 1. The first-order chi connectivity index (χ1) is 19.5. The third-order valence-corrected chi connectivity index (χ3v) is 5.64. The number of carbonyl (C=O) groups is 3. The zero-order valence-electron chi connectivity index (χ0n) is 22.9. The molecule has 9 nitrogen and oxygen atoms in total. The molecule has 0 aliphatic heterocycles. The van der Waals surface area contributed by atoms with Crippen LogP contribution in [-0.4, -0.2) is 43.8 Å². The standard InChI is InChI=1S/C31H35N3O6/c1-3-5-19-38-26-15-9-24(10-16-26)30(36)32-22-29(35)34-33-21-23-7-13-28(14-8-23)40-31(37)25-11-17-27(18-12-25)39-20-6-4-2/h7-18,21H,3-6,19-20,22H2,1-2H3,(H,32,36)(H,34,35)/b33-21+.